The largest absolute Gasteiger partial charge is 0.454 e. The smallest absolute Gasteiger partial charge is 0.255 e. The minimum absolute atomic E-state index is 0.128. The van der Waals surface area contributed by atoms with Crippen molar-refractivity contribution >= 4 is 23.2 Å². The number of ether oxygens (including phenoxy) is 2. The molecule has 0 radical (unpaired) electrons. The minimum atomic E-state index is -0.335. The van der Waals surface area contributed by atoms with Crippen molar-refractivity contribution in [3.8, 4) is 11.5 Å². The van der Waals surface area contributed by atoms with Gasteiger partial charge >= 0.3 is 0 Å². The van der Waals surface area contributed by atoms with Crippen molar-refractivity contribution in [1.29, 1.82) is 0 Å². The Morgan fingerprint density at radius 3 is 2.44 bits per heavy atom. The lowest BCUT2D eigenvalue weighted by molar-refractivity contribution is 0.0950. The first kappa shape index (κ1) is 21.2. The predicted molar refractivity (Wildman–Crippen MR) is 119 cm³/mol. The number of amides is 2. The summed E-state index contributed by atoms with van der Waals surface area (Å²) in [4.78, 5) is 27.4. The highest BCUT2D eigenvalue weighted by Crippen LogP contribution is 2.33. The van der Waals surface area contributed by atoms with Crippen LogP contribution < -0.4 is 25.0 Å². The van der Waals surface area contributed by atoms with Crippen molar-refractivity contribution in [2.45, 2.75) is 6.54 Å². The topological polar surface area (TPSA) is 79.9 Å². The molecular formula is C24H22FN3O4. The van der Waals surface area contributed by atoms with Crippen LogP contribution in [0, 0.1) is 5.82 Å². The van der Waals surface area contributed by atoms with E-state index < -0.39 is 0 Å². The molecule has 0 saturated heterocycles. The van der Waals surface area contributed by atoms with E-state index in [1.165, 1.54) is 12.1 Å². The molecule has 0 fully saturated rings. The summed E-state index contributed by atoms with van der Waals surface area (Å²) in [5.41, 5.74) is 2.76. The summed E-state index contributed by atoms with van der Waals surface area (Å²) >= 11 is 0. The molecule has 0 spiro atoms. The fourth-order valence-corrected chi connectivity index (χ4v) is 3.31. The first-order chi connectivity index (χ1) is 15.4. The summed E-state index contributed by atoms with van der Waals surface area (Å²) in [5.74, 6) is 0.134. The molecule has 0 unspecified atom stereocenters. The SMILES string of the molecule is CN(C)c1ccc(NC(=O)c2ccc3c(c2)OCO3)cc1C(=O)NCc1ccc(F)cc1. The van der Waals surface area contributed by atoms with Crippen LogP contribution in [0.3, 0.4) is 0 Å². The van der Waals surface area contributed by atoms with Gasteiger partial charge in [-0.1, -0.05) is 12.1 Å². The maximum atomic E-state index is 13.1. The number of hydrogen-bond donors (Lipinski definition) is 2. The van der Waals surface area contributed by atoms with Crippen LogP contribution in [0.2, 0.25) is 0 Å². The highest BCUT2D eigenvalue weighted by molar-refractivity contribution is 6.06. The van der Waals surface area contributed by atoms with E-state index in [2.05, 4.69) is 10.6 Å². The molecule has 4 rings (SSSR count). The average Bonchev–Trinajstić information content (AvgIpc) is 3.26. The van der Waals surface area contributed by atoms with E-state index in [1.54, 1.807) is 48.5 Å². The van der Waals surface area contributed by atoms with Crippen LogP contribution in [-0.2, 0) is 6.54 Å². The second-order valence-electron chi connectivity index (χ2n) is 7.46. The monoisotopic (exact) mass is 435 g/mol. The Morgan fingerprint density at radius 2 is 1.69 bits per heavy atom. The van der Waals surface area contributed by atoms with Crippen LogP contribution in [0.4, 0.5) is 15.8 Å². The third-order valence-electron chi connectivity index (χ3n) is 4.98. The summed E-state index contributed by atoms with van der Waals surface area (Å²) in [5, 5.41) is 5.65. The molecule has 0 saturated carbocycles. The molecule has 164 valence electrons. The Kier molecular flexibility index (Phi) is 5.93. The Hall–Kier alpha value is -4.07. The molecule has 1 heterocycles. The van der Waals surface area contributed by atoms with Crippen molar-refractivity contribution in [2.24, 2.45) is 0 Å². The third kappa shape index (κ3) is 4.64. The standard InChI is InChI=1S/C24H22FN3O4/c1-28(2)20-9-8-18(27-23(29)16-5-10-21-22(11-16)32-14-31-21)12-19(20)24(30)26-13-15-3-6-17(25)7-4-15/h3-12H,13-14H2,1-2H3,(H,26,30)(H,27,29). The highest BCUT2D eigenvalue weighted by atomic mass is 19.1. The molecule has 32 heavy (non-hydrogen) atoms. The number of nitrogens with zero attached hydrogens (tertiary/aromatic N) is 1. The summed E-state index contributed by atoms with van der Waals surface area (Å²) in [6.45, 7) is 0.378. The van der Waals surface area contributed by atoms with Gasteiger partial charge in [0, 0.05) is 37.6 Å². The van der Waals surface area contributed by atoms with Gasteiger partial charge in [-0.2, -0.15) is 0 Å². The fourth-order valence-electron chi connectivity index (χ4n) is 3.31. The van der Waals surface area contributed by atoms with Crippen LogP contribution >= 0.6 is 0 Å². The Bertz CT molecular complexity index is 1160. The van der Waals surface area contributed by atoms with E-state index in [0.717, 1.165) is 5.56 Å². The third-order valence-corrected chi connectivity index (χ3v) is 4.98. The van der Waals surface area contributed by atoms with Crippen molar-refractivity contribution < 1.29 is 23.5 Å². The zero-order chi connectivity index (χ0) is 22.7. The first-order valence-electron chi connectivity index (χ1n) is 9.96. The minimum Gasteiger partial charge on any atom is -0.454 e. The van der Waals surface area contributed by atoms with Crippen molar-refractivity contribution in [1.82, 2.24) is 5.32 Å². The molecule has 1 aliphatic rings. The molecule has 0 aliphatic carbocycles. The van der Waals surface area contributed by atoms with Gasteiger partial charge in [-0.25, -0.2) is 4.39 Å². The van der Waals surface area contributed by atoms with Crippen LogP contribution in [0.25, 0.3) is 0 Å². The molecule has 2 amide bonds. The normalized spacial score (nSPS) is 11.7. The summed E-state index contributed by atoms with van der Waals surface area (Å²) < 4.78 is 23.7. The fraction of sp³-hybridized carbons (Fsp3) is 0.167. The van der Waals surface area contributed by atoms with Crippen LogP contribution in [-0.4, -0.2) is 32.7 Å². The van der Waals surface area contributed by atoms with Gasteiger partial charge in [0.25, 0.3) is 11.8 Å². The number of hydrogen-bond acceptors (Lipinski definition) is 5. The quantitative estimate of drug-likeness (QED) is 0.616. The van der Waals surface area contributed by atoms with Gasteiger partial charge in [0.2, 0.25) is 6.79 Å². The summed E-state index contributed by atoms with van der Waals surface area (Å²) in [7, 11) is 3.66. The maximum Gasteiger partial charge on any atom is 0.255 e. The molecule has 3 aromatic rings. The average molecular weight is 435 g/mol. The van der Waals surface area contributed by atoms with Crippen LogP contribution in [0.1, 0.15) is 26.3 Å². The highest BCUT2D eigenvalue weighted by Gasteiger charge is 2.18. The van der Waals surface area contributed by atoms with E-state index in [4.69, 9.17) is 9.47 Å². The van der Waals surface area contributed by atoms with Crippen molar-refractivity contribution in [3.05, 3.63) is 83.2 Å². The number of rotatable bonds is 6. The number of carbonyl (C=O) groups excluding carboxylic acids is 2. The van der Waals surface area contributed by atoms with E-state index in [9.17, 15) is 14.0 Å². The second kappa shape index (κ2) is 8.97. The zero-order valence-corrected chi connectivity index (χ0v) is 17.6. The summed E-state index contributed by atoms with van der Waals surface area (Å²) in [6, 6.07) is 16.0. The maximum absolute atomic E-state index is 13.1. The van der Waals surface area contributed by atoms with E-state index in [-0.39, 0.29) is 31.0 Å². The molecule has 7 nitrogen and oxygen atoms in total. The number of halogens is 1. The lowest BCUT2D eigenvalue weighted by atomic mass is 10.1. The number of benzene rings is 3. The van der Waals surface area contributed by atoms with E-state index in [0.29, 0.717) is 34.0 Å². The second-order valence-corrected chi connectivity index (χ2v) is 7.46. The van der Waals surface area contributed by atoms with Gasteiger partial charge in [0.15, 0.2) is 11.5 Å². The Balaban J connectivity index is 1.51. The number of anilines is 2. The zero-order valence-electron chi connectivity index (χ0n) is 17.6. The molecule has 8 heteroatoms. The first-order valence-corrected chi connectivity index (χ1v) is 9.96. The van der Waals surface area contributed by atoms with Gasteiger partial charge in [0.05, 0.1) is 5.56 Å². The van der Waals surface area contributed by atoms with Crippen molar-refractivity contribution in [3.63, 3.8) is 0 Å². The Labute approximate surface area is 184 Å². The van der Waals surface area contributed by atoms with Gasteiger partial charge in [-0.05, 0) is 54.1 Å². The number of nitrogens with one attached hydrogen (secondary N) is 2. The molecular weight excluding hydrogens is 413 g/mol. The molecule has 0 aromatic heterocycles. The number of carbonyl (C=O) groups is 2. The summed E-state index contributed by atoms with van der Waals surface area (Å²) in [6.07, 6.45) is 0. The van der Waals surface area contributed by atoms with E-state index >= 15 is 0 Å². The molecule has 1 aliphatic heterocycles. The lowest BCUT2D eigenvalue weighted by Crippen LogP contribution is -2.25. The van der Waals surface area contributed by atoms with E-state index in [1.807, 2.05) is 19.0 Å². The van der Waals surface area contributed by atoms with Gasteiger partial charge in [-0.15, -0.1) is 0 Å². The molecule has 2 N–H and O–H groups in total. The molecule has 0 bridgehead atoms. The van der Waals surface area contributed by atoms with Gasteiger partial charge in [0.1, 0.15) is 5.82 Å². The Morgan fingerprint density at radius 1 is 0.938 bits per heavy atom. The van der Waals surface area contributed by atoms with Gasteiger partial charge < -0.3 is 25.0 Å². The van der Waals surface area contributed by atoms with Crippen molar-refractivity contribution in [2.75, 3.05) is 31.1 Å². The lowest BCUT2D eigenvalue weighted by Gasteiger charge is -2.18. The predicted octanol–water partition coefficient (Wildman–Crippen LogP) is 3.80. The van der Waals surface area contributed by atoms with Crippen LogP contribution in [0.5, 0.6) is 11.5 Å². The van der Waals surface area contributed by atoms with Gasteiger partial charge in [-0.3, -0.25) is 9.59 Å². The molecule has 3 aromatic carbocycles. The number of fused-ring (bicyclic) bond motifs is 1. The molecule has 0 atom stereocenters. The van der Waals surface area contributed by atoms with Crippen LogP contribution in [0.15, 0.2) is 60.7 Å².